The minimum absolute atomic E-state index is 0.0150. The van der Waals surface area contributed by atoms with E-state index in [9.17, 15) is 18.0 Å². The predicted molar refractivity (Wildman–Crippen MR) is 131 cm³/mol. The van der Waals surface area contributed by atoms with Gasteiger partial charge in [-0.05, 0) is 55.8 Å². The van der Waals surface area contributed by atoms with Gasteiger partial charge in [0.05, 0.1) is 29.7 Å². The van der Waals surface area contributed by atoms with Gasteiger partial charge >= 0.3 is 5.97 Å². The summed E-state index contributed by atoms with van der Waals surface area (Å²) in [6.45, 7) is 4.02. The third kappa shape index (κ3) is 5.56. The molecule has 0 saturated carbocycles. The molecule has 1 N–H and O–H groups in total. The van der Waals surface area contributed by atoms with E-state index in [1.165, 1.54) is 11.8 Å². The number of fused-ring (bicyclic) bond motifs is 1. The topological polar surface area (TPSA) is 105 Å². The van der Waals surface area contributed by atoms with E-state index in [1.54, 1.807) is 31.2 Å². The first-order chi connectivity index (χ1) is 15.7. The Balaban J connectivity index is 1.50. The molecule has 10 heteroatoms. The van der Waals surface area contributed by atoms with Crippen molar-refractivity contribution in [3.8, 4) is 0 Å². The van der Waals surface area contributed by atoms with Gasteiger partial charge in [-0.1, -0.05) is 23.9 Å². The second-order valence-corrected chi connectivity index (χ2v) is 11.3. The molecule has 0 bridgehead atoms. The summed E-state index contributed by atoms with van der Waals surface area (Å²) in [7, 11) is -3.06. The molecule has 8 nitrogen and oxygen atoms in total. The van der Waals surface area contributed by atoms with E-state index in [2.05, 4.69) is 10.3 Å². The molecule has 2 aromatic carbocycles. The number of sulfone groups is 1. The Kier molecular flexibility index (Phi) is 6.76. The molecule has 0 unspecified atom stereocenters. The van der Waals surface area contributed by atoms with Crippen molar-refractivity contribution in [1.29, 1.82) is 0 Å². The maximum Gasteiger partial charge on any atom is 0.338 e. The molecular formula is C23H25N3O5S2. The van der Waals surface area contributed by atoms with Crippen molar-refractivity contribution in [3.05, 3.63) is 59.7 Å². The van der Waals surface area contributed by atoms with Gasteiger partial charge in [0.2, 0.25) is 5.91 Å². The molecule has 0 aliphatic carbocycles. The summed E-state index contributed by atoms with van der Waals surface area (Å²) < 4.78 is 28.8. The number of hydrogen-bond donors (Lipinski definition) is 1. The molecular weight excluding hydrogens is 462 g/mol. The van der Waals surface area contributed by atoms with Crippen LogP contribution in [0.3, 0.4) is 0 Å². The molecule has 2 aliphatic rings. The monoisotopic (exact) mass is 487 g/mol. The maximum absolute atomic E-state index is 12.9. The first kappa shape index (κ1) is 23.3. The zero-order valence-electron chi connectivity index (χ0n) is 18.4. The summed E-state index contributed by atoms with van der Waals surface area (Å²) in [5.41, 5.74) is 2.83. The van der Waals surface area contributed by atoms with Crippen molar-refractivity contribution in [2.75, 3.05) is 34.9 Å². The number of rotatable bonds is 6. The lowest BCUT2D eigenvalue weighted by molar-refractivity contribution is -0.114. The lowest BCUT2D eigenvalue weighted by Crippen LogP contribution is -2.36. The van der Waals surface area contributed by atoms with Crippen LogP contribution >= 0.6 is 11.8 Å². The van der Waals surface area contributed by atoms with Crippen LogP contribution in [0.15, 0.2) is 53.5 Å². The number of carbonyl (C=O) groups excluding carboxylic acids is 2. The van der Waals surface area contributed by atoms with Crippen molar-refractivity contribution in [3.63, 3.8) is 0 Å². The van der Waals surface area contributed by atoms with Gasteiger partial charge in [0.25, 0.3) is 0 Å². The third-order valence-electron chi connectivity index (χ3n) is 5.33. The van der Waals surface area contributed by atoms with Gasteiger partial charge in [-0.3, -0.25) is 9.79 Å². The van der Waals surface area contributed by atoms with Crippen LogP contribution in [0.25, 0.3) is 0 Å². The van der Waals surface area contributed by atoms with Gasteiger partial charge in [-0.25, -0.2) is 13.2 Å². The van der Waals surface area contributed by atoms with Gasteiger partial charge in [-0.15, -0.1) is 0 Å². The molecule has 1 fully saturated rings. The highest BCUT2D eigenvalue weighted by Crippen LogP contribution is 2.36. The van der Waals surface area contributed by atoms with Gasteiger partial charge in [-0.2, -0.15) is 0 Å². The smallest absolute Gasteiger partial charge is 0.338 e. The van der Waals surface area contributed by atoms with Crippen LogP contribution < -0.4 is 10.2 Å². The number of amidine groups is 1. The number of anilines is 2. The number of hydrogen-bond acceptors (Lipinski definition) is 8. The van der Waals surface area contributed by atoms with Crippen LogP contribution in [0.1, 0.15) is 22.8 Å². The number of benzene rings is 2. The van der Waals surface area contributed by atoms with Gasteiger partial charge < -0.3 is 15.0 Å². The second-order valence-electron chi connectivity index (χ2n) is 7.98. The Bertz CT molecular complexity index is 1190. The van der Waals surface area contributed by atoms with Crippen molar-refractivity contribution in [1.82, 2.24) is 0 Å². The van der Waals surface area contributed by atoms with Crippen LogP contribution in [0.4, 0.5) is 11.4 Å². The second kappa shape index (κ2) is 9.56. The molecule has 1 amide bonds. The fraction of sp³-hybridized carbons (Fsp3) is 0.348. The first-order valence-corrected chi connectivity index (χ1v) is 13.3. The first-order valence-electron chi connectivity index (χ1n) is 10.6. The van der Waals surface area contributed by atoms with Gasteiger partial charge in [0.1, 0.15) is 6.54 Å². The number of esters is 1. The zero-order valence-corrected chi connectivity index (χ0v) is 20.0. The minimum Gasteiger partial charge on any atom is -0.462 e. The summed E-state index contributed by atoms with van der Waals surface area (Å²) in [4.78, 5) is 31.2. The number of ether oxygens (including phenoxy) is 1. The fourth-order valence-electron chi connectivity index (χ4n) is 3.78. The van der Waals surface area contributed by atoms with E-state index in [4.69, 9.17) is 4.74 Å². The molecule has 174 valence electrons. The highest BCUT2D eigenvalue weighted by molar-refractivity contribution is 8.15. The molecule has 2 aliphatic heterocycles. The molecule has 0 spiro atoms. The van der Waals surface area contributed by atoms with E-state index in [0.29, 0.717) is 23.0 Å². The lowest BCUT2D eigenvalue weighted by atomic mass is 10.2. The number of nitrogens with one attached hydrogen (secondary N) is 1. The number of aliphatic imine (C=N–C) groups is 1. The molecule has 2 heterocycles. The Morgan fingerprint density at radius 1 is 1.18 bits per heavy atom. The van der Waals surface area contributed by atoms with E-state index in [1.807, 2.05) is 36.1 Å². The zero-order chi connectivity index (χ0) is 23.6. The van der Waals surface area contributed by atoms with Crippen LogP contribution in [0.5, 0.6) is 0 Å². The minimum atomic E-state index is -3.06. The SMILES string of the molecule is CCOC(=O)c1ccc(NC(=O)CN(C2=N[C@H]3CS(=O)(=O)C[C@@H]3S2)c2cccc(C)c2)cc1. The molecule has 2 aromatic rings. The number of aryl methyl sites for hydroxylation is 1. The summed E-state index contributed by atoms with van der Waals surface area (Å²) in [5, 5.41) is 3.39. The van der Waals surface area contributed by atoms with E-state index in [-0.39, 0.29) is 35.2 Å². The largest absolute Gasteiger partial charge is 0.462 e. The summed E-state index contributed by atoms with van der Waals surface area (Å²) >= 11 is 1.42. The van der Waals surface area contributed by atoms with E-state index in [0.717, 1.165) is 11.3 Å². The van der Waals surface area contributed by atoms with Crippen molar-refractivity contribution < 1.29 is 22.7 Å². The molecule has 4 rings (SSSR count). The van der Waals surface area contributed by atoms with Crippen molar-refractivity contribution >= 4 is 50.0 Å². The standard InChI is InChI=1S/C23H25N3O5S2/c1-3-31-22(28)16-7-9-17(10-8-16)24-21(27)12-26(18-6-4-5-15(2)11-18)23-25-19-13-33(29,30)14-20(19)32-23/h4-11,19-20H,3,12-14H2,1-2H3,(H,24,27)/t19-,20-/m0/s1. The average Bonchev–Trinajstić information content (AvgIpc) is 3.26. The summed E-state index contributed by atoms with van der Waals surface area (Å²) in [6, 6.07) is 14.0. The number of thioether (sulfide) groups is 1. The quantitative estimate of drug-likeness (QED) is 0.625. The van der Waals surface area contributed by atoms with Crippen LogP contribution in [-0.4, -0.2) is 61.4 Å². The van der Waals surface area contributed by atoms with Crippen LogP contribution in [-0.2, 0) is 19.4 Å². The highest BCUT2D eigenvalue weighted by atomic mass is 32.2. The Morgan fingerprint density at radius 2 is 1.94 bits per heavy atom. The Morgan fingerprint density at radius 3 is 2.61 bits per heavy atom. The lowest BCUT2D eigenvalue weighted by Gasteiger charge is -2.24. The van der Waals surface area contributed by atoms with E-state index >= 15 is 0 Å². The third-order valence-corrected chi connectivity index (χ3v) is 8.58. The van der Waals surface area contributed by atoms with Gasteiger partial charge in [0, 0.05) is 16.6 Å². The normalized spacial score (nSPS) is 20.6. The van der Waals surface area contributed by atoms with E-state index < -0.39 is 15.8 Å². The van der Waals surface area contributed by atoms with Crippen LogP contribution in [0.2, 0.25) is 0 Å². The number of nitrogens with zero attached hydrogens (tertiary/aromatic N) is 2. The Hall–Kier alpha value is -2.85. The molecule has 0 aromatic heterocycles. The Labute approximate surface area is 197 Å². The fourth-order valence-corrected chi connectivity index (χ4v) is 7.56. The summed E-state index contributed by atoms with van der Waals surface area (Å²) in [5.74, 6) is -0.511. The maximum atomic E-state index is 12.9. The van der Waals surface area contributed by atoms with Crippen molar-refractivity contribution in [2.24, 2.45) is 4.99 Å². The molecule has 33 heavy (non-hydrogen) atoms. The molecule has 1 saturated heterocycles. The van der Waals surface area contributed by atoms with Crippen LogP contribution in [0, 0.1) is 6.92 Å². The summed E-state index contributed by atoms with van der Waals surface area (Å²) in [6.07, 6.45) is 0. The average molecular weight is 488 g/mol. The highest BCUT2D eigenvalue weighted by Gasteiger charge is 2.44. The van der Waals surface area contributed by atoms with Gasteiger partial charge in [0.15, 0.2) is 15.0 Å². The molecule has 0 radical (unpaired) electrons. The van der Waals surface area contributed by atoms with Crippen molar-refractivity contribution in [2.45, 2.75) is 25.1 Å². The predicted octanol–water partition coefficient (Wildman–Crippen LogP) is 2.89. The molecule has 2 atom stereocenters. The number of amides is 1. The number of carbonyl (C=O) groups is 2.